The van der Waals surface area contributed by atoms with E-state index in [1.807, 2.05) is 6.92 Å². The Morgan fingerprint density at radius 1 is 1.07 bits per heavy atom. The normalized spacial score (nSPS) is 16.3. The Morgan fingerprint density at radius 3 is 2.40 bits per heavy atom. The second-order valence-electron chi connectivity index (χ2n) is 7.61. The van der Waals surface area contributed by atoms with Gasteiger partial charge in [0.25, 0.3) is 0 Å². The highest BCUT2D eigenvalue weighted by atomic mass is 19.1. The fraction of sp³-hybridized carbons (Fsp3) is 0.435. The predicted molar refractivity (Wildman–Crippen MR) is 112 cm³/mol. The van der Waals surface area contributed by atoms with Gasteiger partial charge in [-0.1, -0.05) is 12.1 Å². The summed E-state index contributed by atoms with van der Waals surface area (Å²) in [5.74, 6) is 0.159. The number of ether oxygens (including phenoxy) is 1. The van der Waals surface area contributed by atoms with Crippen LogP contribution in [-0.4, -0.2) is 61.6 Å². The van der Waals surface area contributed by atoms with E-state index in [1.165, 1.54) is 24.3 Å². The first-order valence-corrected chi connectivity index (χ1v) is 10.3. The highest BCUT2D eigenvalue weighted by Crippen LogP contribution is 2.22. The number of halogens is 2. The molecule has 0 aromatic heterocycles. The van der Waals surface area contributed by atoms with Gasteiger partial charge in [-0.3, -0.25) is 14.6 Å². The number of rotatable bonds is 8. The molecule has 1 saturated heterocycles. The minimum absolute atomic E-state index is 0.00244. The van der Waals surface area contributed by atoms with Crippen molar-refractivity contribution in [3.63, 3.8) is 0 Å². The van der Waals surface area contributed by atoms with Crippen LogP contribution in [-0.2, 0) is 17.8 Å². The van der Waals surface area contributed by atoms with Crippen molar-refractivity contribution in [2.45, 2.75) is 25.9 Å². The van der Waals surface area contributed by atoms with Gasteiger partial charge in [-0.25, -0.2) is 8.78 Å². The highest BCUT2D eigenvalue weighted by Gasteiger charge is 2.25. The van der Waals surface area contributed by atoms with E-state index < -0.39 is 0 Å². The second kappa shape index (κ2) is 10.5. The van der Waals surface area contributed by atoms with E-state index in [4.69, 9.17) is 4.74 Å². The van der Waals surface area contributed by atoms with Crippen LogP contribution in [0, 0.1) is 11.6 Å². The summed E-state index contributed by atoms with van der Waals surface area (Å²) in [6.07, 6.45) is 0.669. The number of benzene rings is 2. The summed E-state index contributed by atoms with van der Waals surface area (Å²) in [4.78, 5) is 16.9. The van der Waals surface area contributed by atoms with E-state index in [9.17, 15) is 13.6 Å². The van der Waals surface area contributed by atoms with Crippen LogP contribution in [0.5, 0.6) is 5.75 Å². The molecule has 0 radical (unpaired) electrons. The quantitative estimate of drug-likeness (QED) is 0.718. The third kappa shape index (κ3) is 6.00. The zero-order valence-corrected chi connectivity index (χ0v) is 17.5. The molecule has 1 fully saturated rings. The van der Waals surface area contributed by atoms with Gasteiger partial charge < -0.3 is 10.1 Å². The molecule has 0 spiro atoms. The molecule has 162 valence electrons. The van der Waals surface area contributed by atoms with Crippen molar-refractivity contribution in [1.29, 1.82) is 0 Å². The van der Waals surface area contributed by atoms with Crippen LogP contribution >= 0.6 is 0 Å². The molecule has 1 N–H and O–H groups in total. The van der Waals surface area contributed by atoms with Crippen molar-refractivity contribution in [3.8, 4) is 5.75 Å². The van der Waals surface area contributed by atoms with E-state index in [2.05, 4.69) is 15.1 Å². The molecule has 1 atom stereocenters. The molecule has 1 heterocycles. The lowest BCUT2D eigenvalue weighted by molar-refractivity contribution is -0.126. The molecular formula is C23H29F2N3O2. The van der Waals surface area contributed by atoms with Crippen molar-refractivity contribution in [3.05, 3.63) is 65.2 Å². The molecule has 5 nitrogen and oxygen atoms in total. The molecule has 0 saturated carbocycles. The van der Waals surface area contributed by atoms with Crippen molar-refractivity contribution in [2.24, 2.45) is 0 Å². The first-order valence-electron chi connectivity index (χ1n) is 10.3. The number of piperazine rings is 1. The number of hydrogen-bond acceptors (Lipinski definition) is 4. The first kappa shape index (κ1) is 22.2. The van der Waals surface area contributed by atoms with Crippen molar-refractivity contribution in [2.75, 3.05) is 39.8 Å². The summed E-state index contributed by atoms with van der Waals surface area (Å²) >= 11 is 0. The number of amides is 1. The second-order valence-corrected chi connectivity index (χ2v) is 7.61. The third-order valence-electron chi connectivity index (χ3n) is 5.60. The highest BCUT2D eigenvalue weighted by molar-refractivity contribution is 5.81. The lowest BCUT2D eigenvalue weighted by Crippen LogP contribution is -2.53. The maximum atomic E-state index is 13.6. The SMILES string of the molecule is COc1ccc(F)cc1CN1CCN([C@H](C)C(=O)NCCc2ccc(F)cc2)CC1. The summed E-state index contributed by atoms with van der Waals surface area (Å²) in [5, 5.41) is 2.97. The Labute approximate surface area is 176 Å². The van der Waals surface area contributed by atoms with Crippen LogP contribution in [0.3, 0.4) is 0 Å². The molecule has 1 amide bonds. The fourth-order valence-electron chi connectivity index (χ4n) is 3.72. The molecule has 1 aliphatic rings. The van der Waals surface area contributed by atoms with E-state index in [1.54, 1.807) is 25.3 Å². The first-order chi connectivity index (χ1) is 14.5. The molecule has 7 heteroatoms. The van der Waals surface area contributed by atoms with E-state index in [0.29, 0.717) is 25.3 Å². The Hall–Kier alpha value is -2.51. The van der Waals surface area contributed by atoms with Gasteiger partial charge in [0, 0.05) is 44.8 Å². The van der Waals surface area contributed by atoms with Crippen molar-refractivity contribution < 1.29 is 18.3 Å². The lowest BCUT2D eigenvalue weighted by Gasteiger charge is -2.37. The zero-order valence-electron chi connectivity index (χ0n) is 17.5. The molecular weight excluding hydrogens is 388 g/mol. The van der Waals surface area contributed by atoms with Gasteiger partial charge in [-0.2, -0.15) is 0 Å². The van der Waals surface area contributed by atoms with Gasteiger partial charge in [-0.15, -0.1) is 0 Å². The Kier molecular flexibility index (Phi) is 7.76. The maximum Gasteiger partial charge on any atom is 0.237 e. The van der Waals surface area contributed by atoms with Crippen LogP contribution in [0.1, 0.15) is 18.1 Å². The molecule has 0 unspecified atom stereocenters. The Balaban J connectivity index is 1.43. The van der Waals surface area contributed by atoms with Crippen LogP contribution in [0.4, 0.5) is 8.78 Å². The molecule has 2 aromatic carbocycles. The standard InChI is InChI=1S/C23H29F2N3O2/c1-17(23(29)26-10-9-18-3-5-20(24)6-4-18)28-13-11-27(12-14-28)16-19-15-21(25)7-8-22(19)30-2/h3-8,15,17H,9-14,16H2,1-2H3,(H,26,29)/t17-/m1/s1. The van der Waals surface area contributed by atoms with E-state index in [0.717, 1.165) is 37.3 Å². The maximum absolute atomic E-state index is 13.6. The van der Waals surface area contributed by atoms with Crippen LogP contribution in [0.15, 0.2) is 42.5 Å². The van der Waals surface area contributed by atoms with Crippen LogP contribution < -0.4 is 10.1 Å². The minimum Gasteiger partial charge on any atom is -0.496 e. The molecule has 0 bridgehead atoms. The topological polar surface area (TPSA) is 44.8 Å². The number of nitrogens with zero attached hydrogens (tertiary/aromatic N) is 2. The molecule has 2 aromatic rings. The zero-order chi connectivity index (χ0) is 21.5. The van der Waals surface area contributed by atoms with Crippen molar-refractivity contribution in [1.82, 2.24) is 15.1 Å². The predicted octanol–water partition coefficient (Wildman–Crippen LogP) is 2.84. The summed E-state index contributed by atoms with van der Waals surface area (Å²) < 4.78 is 31.9. The minimum atomic E-state index is -0.268. The number of carbonyl (C=O) groups is 1. The number of methoxy groups -OCH3 is 1. The average molecular weight is 418 g/mol. The number of carbonyl (C=O) groups excluding carboxylic acids is 1. The molecule has 0 aliphatic carbocycles. The van der Waals surface area contributed by atoms with Gasteiger partial charge in [0.2, 0.25) is 5.91 Å². The molecule has 30 heavy (non-hydrogen) atoms. The molecule has 1 aliphatic heterocycles. The smallest absolute Gasteiger partial charge is 0.237 e. The average Bonchev–Trinajstić information content (AvgIpc) is 2.75. The Bertz CT molecular complexity index is 837. The van der Waals surface area contributed by atoms with Crippen LogP contribution in [0.25, 0.3) is 0 Å². The van der Waals surface area contributed by atoms with E-state index in [-0.39, 0.29) is 23.6 Å². The fourth-order valence-corrected chi connectivity index (χ4v) is 3.72. The number of nitrogens with one attached hydrogen (secondary N) is 1. The van der Waals surface area contributed by atoms with Gasteiger partial charge in [0.1, 0.15) is 17.4 Å². The van der Waals surface area contributed by atoms with Gasteiger partial charge in [0.15, 0.2) is 0 Å². The summed E-state index contributed by atoms with van der Waals surface area (Å²) in [7, 11) is 1.59. The summed E-state index contributed by atoms with van der Waals surface area (Å²) in [6.45, 7) is 6.19. The van der Waals surface area contributed by atoms with Crippen LogP contribution in [0.2, 0.25) is 0 Å². The third-order valence-corrected chi connectivity index (χ3v) is 5.60. The molecule has 3 rings (SSSR count). The van der Waals surface area contributed by atoms with Crippen molar-refractivity contribution >= 4 is 5.91 Å². The largest absolute Gasteiger partial charge is 0.496 e. The summed E-state index contributed by atoms with van der Waals surface area (Å²) in [5.41, 5.74) is 1.82. The van der Waals surface area contributed by atoms with Gasteiger partial charge in [0.05, 0.1) is 13.2 Å². The van der Waals surface area contributed by atoms with Gasteiger partial charge >= 0.3 is 0 Å². The summed E-state index contributed by atoms with van der Waals surface area (Å²) in [6, 6.07) is 10.7. The van der Waals surface area contributed by atoms with Gasteiger partial charge in [-0.05, 0) is 49.2 Å². The monoisotopic (exact) mass is 417 g/mol. The number of hydrogen-bond donors (Lipinski definition) is 1. The Morgan fingerprint density at radius 2 is 1.73 bits per heavy atom. The van der Waals surface area contributed by atoms with E-state index >= 15 is 0 Å². The lowest BCUT2D eigenvalue weighted by atomic mass is 10.1.